The fraction of sp³-hybridized carbons (Fsp3) is 0.400. The van der Waals surface area contributed by atoms with Crippen LogP contribution in [-0.4, -0.2) is 33.5 Å². The molecule has 0 bridgehead atoms. The molecule has 1 fully saturated rings. The summed E-state index contributed by atoms with van der Waals surface area (Å²) in [6.07, 6.45) is -3.39. The van der Waals surface area contributed by atoms with Crippen LogP contribution in [-0.2, 0) is 4.74 Å². The van der Waals surface area contributed by atoms with E-state index in [1.165, 1.54) is 0 Å². The van der Waals surface area contributed by atoms with Crippen LogP contribution in [0.1, 0.15) is 6.23 Å². The van der Waals surface area contributed by atoms with Gasteiger partial charge in [-0.3, -0.25) is 4.57 Å². The number of nitrogen functional groups attached to an aromatic ring is 1. The van der Waals surface area contributed by atoms with Gasteiger partial charge in [0.25, 0.3) is 0 Å². The number of hydrogen-bond donors (Lipinski definition) is 2. The maximum atomic E-state index is 13.7. The van der Waals surface area contributed by atoms with Crippen molar-refractivity contribution in [2.75, 3.05) is 12.3 Å². The van der Waals surface area contributed by atoms with E-state index in [9.17, 15) is 13.6 Å². The minimum absolute atomic E-state index is 0.00168. The van der Waals surface area contributed by atoms with Crippen LogP contribution in [0.2, 0.25) is 5.02 Å². The summed E-state index contributed by atoms with van der Waals surface area (Å²) in [5, 5.41) is 8.87. The van der Waals surface area contributed by atoms with E-state index in [1.807, 2.05) is 0 Å². The molecule has 0 radical (unpaired) electrons. The highest BCUT2D eigenvalue weighted by Crippen LogP contribution is 2.35. The summed E-state index contributed by atoms with van der Waals surface area (Å²) in [6.45, 7) is -0.653. The van der Waals surface area contributed by atoms with Crippen molar-refractivity contribution >= 4 is 17.4 Å². The van der Waals surface area contributed by atoms with E-state index in [0.717, 1.165) is 10.8 Å². The van der Waals surface area contributed by atoms with Crippen molar-refractivity contribution < 1.29 is 18.6 Å². The fourth-order valence-electron chi connectivity index (χ4n) is 1.77. The molecule has 0 saturated carbocycles. The molecule has 9 heteroatoms. The number of nitrogens with zero attached hydrogens (tertiary/aromatic N) is 2. The molecular formula is C10H10ClF2N3O3. The molecule has 19 heavy (non-hydrogen) atoms. The summed E-state index contributed by atoms with van der Waals surface area (Å²) in [5.41, 5.74) is 4.05. The minimum atomic E-state index is -1.86. The molecule has 0 spiro atoms. The van der Waals surface area contributed by atoms with Gasteiger partial charge in [-0.05, 0) is 0 Å². The van der Waals surface area contributed by atoms with Gasteiger partial charge in [-0.25, -0.2) is 13.6 Å². The van der Waals surface area contributed by atoms with Crippen molar-refractivity contribution in [3.05, 3.63) is 33.6 Å². The third-order valence-corrected chi connectivity index (χ3v) is 3.02. The number of aliphatic hydroxyl groups is 1. The van der Waals surface area contributed by atoms with Gasteiger partial charge >= 0.3 is 5.69 Å². The van der Waals surface area contributed by atoms with Crippen molar-refractivity contribution in [3.63, 3.8) is 0 Å². The first-order chi connectivity index (χ1) is 8.99. The van der Waals surface area contributed by atoms with Gasteiger partial charge in [0.2, 0.25) is 0 Å². The second-order valence-electron chi connectivity index (χ2n) is 3.88. The van der Waals surface area contributed by atoms with Crippen LogP contribution in [0.4, 0.5) is 14.6 Å². The molecule has 1 saturated heterocycles. The van der Waals surface area contributed by atoms with Crippen LogP contribution < -0.4 is 11.4 Å². The number of alkyl halides is 1. The molecule has 3 atom stereocenters. The van der Waals surface area contributed by atoms with Crippen molar-refractivity contribution in [2.45, 2.75) is 18.5 Å². The van der Waals surface area contributed by atoms with Crippen LogP contribution in [0.5, 0.6) is 0 Å². The molecule has 104 valence electrons. The highest BCUT2D eigenvalue weighted by atomic mass is 35.5. The lowest BCUT2D eigenvalue weighted by Crippen LogP contribution is -2.28. The van der Waals surface area contributed by atoms with E-state index in [0.29, 0.717) is 0 Å². The predicted molar refractivity (Wildman–Crippen MR) is 63.0 cm³/mol. The van der Waals surface area contributed by atoms with Gasteiger partial charge in [0.05, 0.1) is 18.0 Å². The van der Waals surface area contributed by atoms with Gasteiger partial charge in [-0.15, -0.1) is 0 Å². The Hall–Kier alpha value is -1.51. The van der Waals surface area contributed by atoms with E-state index < -0.39 is 36.4 Å². The maximum Gasteiger partial charge on any atom is 0.351 e. The number of halogens is 3. The van der Waals surface area contributed by atoms with Crippen LogP contribution in [0.15, 0.2) is 22.9 Å². The highest BCUT2D eigenvalue weighted by molar-refractivity contribution is 6.32. The van der Waals surface area contributed by atoms with Gasteiger partial charge in [-0.1, -0.05) is 11.6 Å². The van der Waals surface area contributed by atoms with Crippen molar-refractivity contribution in [2.24, 2.45) is 0 Å². The zero-order valence-corrected chi connectivity index (χ0v) is 10.2. The summed E-state index contributed by atoms with van der Waals surface area (Å²) < 4.78 is 32.4. The Morgan fingerprint density at radius 1 is 1.68 bits per heavy atom. The second-order valence-corrected chi connectivity index (χ2v) is 4.29. The first kappa shape index (κ1) is 13.9. The quantitative estimate of drug-likeness (QED) is 0.831. The molecule has 0 aromatic carbocycles. The van der Waals surface area contributed by atoms with Gasteiger partial charge in [-0.2, -0.15) is 4.98 Å². The van der Waals surface area contributed by atoms with E-state index in [4.69, 9.17) is 27.2 Å². The standard InChI is InChI=1S/C10H10ClF2N3O3/c11-5-2-16(10(18)15-8(5)14)9-4(1-12)7(13)6(3-17)19-9/h1-2,6-7,9,17H,3H2,(H2,14,15,18)/b4-1+. The van der Waals surface area contributed by atoms with E-state index >= 15 is 0 Å². The minimum Gasteiger partial charge on any atom is -0.394 e. The Kier molecular flexibility index (Phi) is 3.83. The van der Waals surface area contributed by atoms with Crippen LogP contribution in [0.25, 0.3) is 0 Å². The summed E-state index contributed by atoms with van der Waals surface area (Å²) in [6, 6.07) is 0. The van der Waals surface area contributed by atoms with Crippen molar-refractivity contribution in [3.8, 4) is 0 Å². The van der Waals surface area contributed by atoms with E-state index in [1.54, 1.807) is 0 Å². The van der Waals surface area contributed by atoms with Gasteiger partial charge in [0.15, 0.2) is 12.4 Å². The molecule has 0 aliphatic carbocycles. The Balaban J connectivity index is 2.47. The van der Waals surface area contributed by atoms with Crippen LogP contribution >= 0.6 is 11.6 Å². The van der Waals surface area contributed by atoms with Gasteiger partial charge in [0, 0.05) is 11.8 Å². The van der Waals surface area contributed by atoms with Gasteiger partial charge in [0.1, 0.15) is 11.9 Å². The smallest absolute Gasteiger partial charge is 0.351 e. The number of hydrogen-bond acceptors (Lipinski definition) is 5. The Labute approximate surface area is 111 Å². The van der Waals surface area contributed by atoms with E-state index in [2.05, 4.69) is 4.98 Å². The lowest BCUT2D eigenvalue weighted by Gasteiger charge is -2.15. The average Bonchev–Trinajstić information content (AvgIpc) is 2.70. The molecule has 2 rings (SSSR count). The van der Waals surface area contributed by atoms with Crippen molar-refractivity contribution in [1.82, 2.24) is 9.55 Å². The zero-order valence-electron chi connectivity index (χ0n) is 9.46. The molecular weight excluding hydrogens is 284 g/mol. The second kappa shape index (κ2) is 5.24. The number of rotatable bonds is 2. The topological polar surface area (TPSA) is 90.4 Å². The number of aromatic nitrogens is 2. The molecule has 1 aromatic rings. The SMILES string of the molecule is Nc1nc(=O)n(C2OC(CO)C(F)/C2=C\F)cc1Cl. The first-order valence-corrected chi connectivity index (χ1v) is 5.62. The Bertz CT molecular complexity index is 578. The predicted octanol–water partition coefficient (Wildman–Crippen LogP) is 0.560. The molecule has 6 nitrogen and oxygen atoms in total. The Morgan fingerprint density at radius 3 is 2.95 bits per heavy atom. The largest absolute Gasteiger partial charge is 0.394 e. The number of ether oxygens (including phenoxy) is 1. The molecule has 0 amide bonds. The molecule has 1 aliphatic heterocycles. The highest BCUT2D eigenvalue weighted by Gasteiger charge is 2.41. The molecule has 3 N–H and O–H groups in total. The van der Waals surface area contributed by atoms with Gasteiger partial charge < -0.3 is 15.6 Å². The summed E-state index contributed by atoms with van der Waals surface area (Å²) >= 11 is 5.70. The average molecular weight is 294 g/mol. The van der Waals surface area contributed by atoms with Crippen LogP contribution in [0.3, 0.4) is 0 Å². The third kappa shape index (κ3) is 2.34. The lowest BCUT2D eigenvalue weighted by atomic mass is 10.1. The molecule has 1 aromatic heterocycles. The molecule has 1 aliphatic rings. The Morgan fingerprint density at radius 2 is 2.37 bits per heavy atom. The molecule has 3 unspecified atom stereocenters. The number of anilines is 1. The summed E-state index contributed by atoms with van der Waals surface area (Å²) in [4.78, 5) is 15.0. The maximum absolute atomic E-state index is 13.7. The molecule has 2 heterocycles. The fourth-order valence-corrected chi connectivity index (χ4v) is 1.91. The van der Waals surface area contributed by atoms with Crippen LogP contribution in [0, 0.1) is 0 Å². The summed E-state index contributed by atoms with van der Waals surface area (Å²) in [5.74, 6) is -0.192. The lowest BCUT2D eigenvalue weighted by molar-refractivity contribution is -0.0322. The number of aliphatic hydroxyl groups excluding tert-OH is 1. The summed E-state index contributed by atoms with van der Waals surface area (Å²) in [7, 11) is 0. The zero-order chi connectivity index (χ0) is 14.2. The van der Waals surface area contributed by atoms with E-state index in [-0.39, 0.29) is 17.2 Å². The third-order valence-electron chi connectivity index (χ3n) is 2.73. The number of nitrogens with two attached hydrogens (primary N) is 1. The normalized spacial score (nSPS) is 29.1. The first-order valence-electron chi connectivity index (χ1n) is 5.24. The van der Waals surface area contributed by atoms with Crippen molar-refractivity contribution in [1.29, 1.82) is 0 Å². The monoisotopic (exact) mass is 293 g/mol.